The zero-order chi connectivity index (χ0) is 10.6. The molecule has 0 saturated carbocycles. The molecule has 74 valence electrons. The van der Waals surface area contributed by atoms with Gasteiger partial charge in [-0.15, -0.1) is 0 Å². The van der Waals surface area contributed by atoms with Crippen molar-refractivity contribution in [1.29, 1.82) is 5.26 Å². The molecule has 0 unspecified atom stereocenters. The first-order chi connectivity index (χ1) is 6.70. The minimum atomic E-state index is 0.665. The van der Waals surface area contributed by atoms with Crippen LogP contribution in [0.5, 0.6) is 5.75 Å². The first-order valence-electron chi connectivity index (χ1n) is 4.83. The van der Waals surface area contributed by atoms with Crippen LogP contribution in [-0.2, 0) is 0 Å². The van der Waals surface area contributed by atoms with E-state index in [1.54, 1.807) is 0 Å². The zero-order valence-electron chi connectivity index (χ0n) is 8.92. The molecule has 0 amide bonds. The van der Waals surface area contributed by atoms with E-state index in [0.717, 1.165) is 23.3 Å². The van der Waals surface area contributed by atoms with Gasteiger partial charge in [-0.25, -0.2) is 0 Å². The molecule has 0 aliphatic carbocycles. The standard InChI is InChI=1S/C12H15NO/c1-4-7-14-12-10(3)6-5-9(2)11(12)8-13/h5-6H,4,7H2,1-3H3. The molecular formula is C12H15NO. The molecule has 0 aliphatic rings. The number of ether oxygens (including phenoxy) is 1. The summed E-state index contributed by atoms with van der Waals surface area (Å²) in [6, 6.07) is 6.13. The van der Waals surface area contributed by atoms with E-state index in [-0.39, 0.29) is 0 Å². The number of aryl methyl sites for hydroxylation is 2. The van der Waals surface area contributed by atoms with Gasteiger partial charge in [0, 0.05) is 0 Å². The monoisotopic (exact) mass is 189 g/mol. The lowest BCUT2D eigenvalue weighted by atomic mass is 10.1. The van der Waals surface area contributed by atoms with Crippen LogP contribution in [0.15, 0.2) is 12.1 Å². The van der Waals surface area contributed by atoms with Gasteiger partial charge >= 0.3 is 0 Å². The Bertz CT molecular complexity index is 363. The average molecular weight is 189 g/mol. The maximum absolute atomic E-state index is 8.99. The summed E-state index contributed by atoms with van der Waals surface area (Å²) in [6.07, 6.45) is 0.957. The average Bonchev–Trinajstić information content (AvgIpc) is 2.19. The fraction of sp³-hybridized carbons (Fsp3) is 0.417. The Morgan fingerprint density at radius 1 is 1.29 bits per heavy atom. The SMILES string of the molecule is CCCOc1c(C)ccc(C)c1C#N. The van der Waals surface area contributed by atoms with E-state index in [1.807, 2.05) is 26.0 Å². The summed E-state index contributed by atoms with van der Waals surface area (Å²) in [6.45, 7) is 6.61. The van der Waals surface area contributed by atoms with E-state index in [4.69, 9.17) is 10.00 Å². The van der Waals surface area contributed by atoms with Crippen LogP contribution in [0.1, 0.15) is 30.0 Å². The summed E-state index contributed by atoms with van der Waals surface area (Å²) in [5.41, 5.74) is 2.67. The van der Waals surface area contributed by atoms with Crippen molar-refractivity contribution in [2.24, 2.45) is 0 Å². The van der Waals surface area contributed by atoms with Crippen LogP contribution >= 0.6 is 0 Å². The first kappa shape index (κ1) is 10.6. The summed E-state index contributed by atoms with van der Waals surface area (Å²) < 4.78 is 5.57. The topological polar surface area (TPSA) is 33.0 Å². The van der Waals surface area contributed by atoms with Crippen molar-refractivity contribution in [2.45, 2.75) is 27.2 Å². The van der Waals surface area contributed by atoms with Crippen molar-refractivity contribution in [3.8, 4) is 11.8 Å². The van der Waals surface area contributed by atoms with E-state index in [2.05, 4.69) is 13.0 Å². The third-order valence-corrected chi connectivity index (χ3v) is 2.13. The van der Waals surface area contributed by atoms with Crippen LogP contribution < -0.4 is 4.74 Å². The van der Waals surface area contributed by atoms with Gasteiger partial charge in [0.15, 0.2) is 0 Å². The molecule has 0 aliphatic heterocycles. The Morgan fingerprint density at radius 2 is 1.93 bits per heavy atom. The van der Waals surface area contributed by atoms with E-state index in [0.29, 0.717) is 12.2 Å². The minimum Gasteiger partial charge on any atom is -0.492 e. The highest BCUT2D eigenvalue weighted by Gasteiger charge is 2.08. The van der Waals surface area contributed by atoms with Gasteiger partial charge in [-0.2, -0.15) is 5.26 Å². The fourth-order valence-electron chi connectivity index (χ4n) is 1.31. The second-order valence-electron chi connectivity index (χ2n) is 3.36. The third kappa shape index (κ3) is 2.05. The van der Waals surface area contributed by atoms with Gasteiger partial charge in [-0.1, -0.05) is 19.1 Å². The predicted molar refractivity (Wildman–Crippen MR) is 56.4 cm³/mol. The van der Waals surface area contributed by atoms with E-state index in [1.165, 1.54) is 0 Å². The summed E-state index contributed by atoms with van der Waals surface area (Å²) >= 11 is 0. The van der Waals surface area contributed by atoms with Gasteiger partial charge in [-0.3, -0.25) is 0 Å². The largest absolute Gasteiger partial charge is 0.492 e. The highest BCUT2D eigenvalue weighted by Crippen LogP contribution is 2.25. The molecule has 0 N–H and O–H groups in total. The normalized spacial score (nSPS) is 9.57. The highest BCUT2D eigenvalue weighted by atomic mass is 16.5. The summed E-state index contributed by atoms with van der Waals surface area (Å²) in [4.78, 5) is 0. The summed E-state index contributed by atoms with van der Waals surface area (Å²) in [5.74, 6) is 0.745. The lowest BCUT2D eigenvalue weighted by molar-refractivity contribution is 0.314. The Kier molecular flexibility index (Phi) is 3.53. The predicted octanol–water partition coefficient (Wildman–Crippen LogP) is 2.96. The van der Waals surface area contributed by atoms with Crippen molar-refractivity contribution in [1.82, 2.24) is 0 Å². The van der Waals surface area contributed by atoms with Crippen molar-refractivity contribution in [3.05, 3.63) is 28.8 Å². The molecule has 0 aromatic heterocycles. The van der Waals surface area contributed by atoms with Crippen molar-refractivity contribution in [2.75, 3.05) is 6.61 Å². The first-order valence-corrected chi connectivity index (χ1v) is 4.83. The van der Waals surface area contributed by atoms with Crippen LogP contribution in [0.3, 0.4) is 0 Å². The van der Waals surface area contributed by atoms with Crippen LogP contribution in [-0.4, -0.2) is 6.61 Å². The molecule has 0 atom stereocenters. The van der Waals surface area contributed by atoms with Gasteiger partial charge in [0.2, 0.25) is 0 Å². The number of rotatable bonds is 3. The van der Waals surface area contributed by atoms with Gasteiger partial charge in [0.1, 0.15) is 11.8 Å². The summed E-state index contributed by atoms with van der Waals surface area (Å²) in [7, 11) is 0. The van der Waals surface area contributed by atoms with Crippen LogP contribution in [0.25, 0.3) is 0 Å². The van der Waals surface area contributed by atoms with Crippen LogP contribution in [0.4, 0.5) is 0 Å². The quantitative estimate of drug-likeness (QED) is 0.732. The van der Waals surface area contributed by atoms with Crippen molar-refractivity contribution in [3.63, 3.8) is 0 Å². The third-order valence-electron chi connectivity index (χ3n) is 2.13. The number of hydrogen-bond acceptors (Lipinski definition) is 2. The Hall–Kier alpha value is -1.49. The highest BCUT2D eigenvalue weighted by molar-refractivity contribution is 5.52. The van der Waals surface area contributed by atoms with Crippen molar-refractivity contribution >= 4 is 0 Å². The molecule has 0 saturated heterocycles. The maximum atomic E-state index is 8.99. The minimum absolute atomic E-state index is 0.665. The van der Waals surface area contributed by atoms with Crippen LogP contribution in [0.2, 0.25) is 0 Å². The zero-order valence-corrected chi connectivity index (χ0v) is 8.92. The molecule has 0 spiro atoms. The smallest absolute Gasteiger partial charge is 0.140 e. The molecule has 1 rings (SSSR count). The number of nitriles is 1. The molecule has 14 heavy (non-hydrogen) atoms. The summed E-state index contributed by atoms with van der Waals surface area (Å²) in [5, 5.41) is 8.99. The number of benzene rings is 1. The Labute approximate surface area is 85.1 Å². The number of hydrogen-bond donors (Lipinski definition) is 0. The van der Waals surface area contributed by atoms with Crippen molar-refractivity contribution < 1.29 is 4.74 Å². The lowest BCUT2D eigenvalue weighted by Crippen LogP contribution is -2.00. The fourth-order valence-corrected chi connectivity index (χ4v) is 1.31. The Balaban J connectivity index is 3.11. The second-order valence-corrected chi connectivity index (χ2v) is 3.36. The molecule has 2 nitrogen and oxygen atoms in total. The molecule has 0 fully saturated rings. The maximum Gasteiger partial charge on any atom is 0.140 e. The second kappa shape index (κ2) is 4.66. The number of nitrogens with zero attached hydrogens (tertiary/aromatic N) is 1. The molecule has 1 aromatic carbocycles. The molecule has 0 bridgehead atoms. The van der Waals surface area contributed by atoms with E-state index < -0.39 is 0 Å². The van der Waals surface area contributed by atoms with E-state index in [9.17, 15) is 0 Å². The molecule has 2 heteroatoms. The Morgan fingerprint density at radius 3 is 2.50 bits per heavy atom. The van der Waals surface area contributed by atoms with E-state index >= 15 is 0 Å². The molecule has 0 radical (unpaired) electrons. The molecular weight excluding hydrogens is 174 g/mol. The van der Waals surface area contributed by atoms with Gasteiger partial charge < -0.3 is 4.74 Å². The lowest BCUT2D eigenvalue weighted by Gasteiger charge is -2.11. The van der Waals surface area contributed by atoms with Gasteiger partial charge in [0.05, 0.1) is 12.2 Å². The van der Waals surface area contributed by atoms with Crippen LogP contribution in [0, 0.1) is 25.2 Å². The van der Waals surface area contributed by atoms with Gasteiger partial charge in [0.25, 0.3) is 0 Å². The van der Waals surface area contributed by atoms with Gasteiger partial charge in [-0.05, 0) is 31.4 Å². The molecule has 0 heterocycles. The molecule has 1 aromatic rings.